The van der Waals surface area contributed by atoms with Gasteiger partial charge in [0.05, 0.1) is 16.7 Å². The second kappa shape index (κ2) is 4.67. The first-order valence-corrected chi connectivity index (χ1v) is 4.92. The highest BCUT2D eigenvalue weighted by atomic mass is 35.5. The third-order valence-electron chi connectivity index (χ3n) is 1.49. The van der Waals surface area contributed by atoms with E-state index in [-0.39, 0.29) is 6.10 Å². The maximum absolute atomic E-state index is 11.4. The molecule has 0 aliphatic carbocycles. The number of rotatable bonds is 2. The Labute approximate surface area is 92.8 Å². The minimum atomic E-state index is -0.429. The SMILES string of the molecule is CC(C)OC(=O)c1ccc(Cl)cc1Cl. The Bertz CT molecular complexity index is 348. The molecule has 1 aromatic rings. The van der Waals surface area contributed by atoms with Gasteiger partial charge >= 0.3 is 5.97 Å². The predicted molar refractivity (Wildman–Crippen MR) is 57.0 cm³/mol. The van der Waals surface area contributed by atoms with E-state index in [1.165, 1.54) is 6.07 Å². The van der Waals surface area contributed by atoms with Crippen LogP contribution in [0.3, 0.4) is 0 Å². The summed E-state index contributed by atoms with van der Waals surface area (Å²) in [5, 5.41) is 0.805. The number of ether oxygens (including phenoxy) is 1. The van der Waals surface area contributed by atoms with Crippen LogP contribution in [-0.4, -0.2) is 12.1 Å². The predicted octanol–water partition coefficient (Wildman–Crippen LogP) is 3.56. The molecule has 0 spiro atoms. The Morgan fingerprint density at radius 1 is 1.36 bits per heavy atom. The van der Waals surface area contributed by atoms with E-state index in [1.54, 1.807) is 26.0 Å². The van der Waals surface area contributed by atoms with Gasteiger partial charge in [-0.05, 0) is 32.0 Å². The summed E-state index contributed by atoms with van der Waals surface area (Å²) in [4.78, 5) is 11.4. The third-order valence-corrected chi connectivity index (χ3v) is 2.04. The van der Waals surface area contributed by atoms with Gasteiger partial charge in [-0.25, -0.2) is 4.79 Å². The van der Waals surface area contributed by atoms with Gasteiger partial charge in [-0.1, -0.05) is 23.2 Å². The van der Waals surface area contributed by atoms with Crippen LogP contribution >= 0.6 is 23.2 Å². The summed E-state index contributed by atoms with van der Waals surface area (Å²) in [5.74, 6) is -0.429. The molecule has 0 saturated heterocycles. The van der Waals surface area contributed by atoms with Crippen molar-refractivity contribution in [2.45, 2.75) is 20.0 Å². The van der Waals surface area contributed by atoms with Crippen molar-refractivity contribution in [2.75, 3.05) is 0 Å². The average Bonchev–Trinajstić information content (AvgIpc) is 2.01. The molecule has 0 heterocycles. The zero-order valence-electron chi connectivity index (χ0n) is 7.88. The zero-order chi connectivity index (χ0) is 10.7. The minimum Gasteiger partial charge on any atom is -0.459 e. The maximum Gasteiger partial charge on any atom is 0.339 e. The highest BCUT2D eigenvalue weighted by Crippen LogP contribution is 2.21. The standard InChI is InChI=1S/C10H10Cl2O2/c1-6(2)14-10(13)8-4-3-7(11)5-9(8)12/h3-6H,1-2H3. The molecule has 0 fully saturated rings. The monoisotopic (exact) mass is 232 g/mol. The molecular formula is C10H10Cl2O2. The van der Waals surface area contributed by atoms with Crippen LogP contribution in [0.5, 0.6) is 0 Å². The lowest BCUT2D eigenvalue weighted by molar-refractivity contribution is 0.0378. The van der Waals surface area contributed by atoms with Gasteiger partial charge in [-0.3, -0.25) is 0 Å². The number of halogens is 2. The van der Waals surface area contributed by atoms with Crippen molar-refractivity contribution in [2.24, 2.45) is 0 Å². The Morgan fingerprint density at radius 3 is 2.50 bits per heavy atom. The van der Waals surface area contributed by atoms with Crippen LogP contribution in [-0.2, 0) is 4.74 Å². The Hall–Kier alpha value is -0.730. The van der Waals surface area contributed by atoms with Crippen molar-refractivity contribution in [3.63, 3.8) is 0 Å². The van der Waals surface area contributed by atoms with Crippen LogP contribution in [0.2, 0.25) is 10.0 Å². The first kappa shape index (κ1) is 11.3. The first-order chi connectivity index (χ1) is 6.50. The fraction of sp³-hybridized carbons (Fsp3) is 0.300. The van der Waals surface area contributed by atoms with Crippen LogP contribution in [0.25, 0.3) is 0 Å². The van der Waals surface area contributed by atoms with Gasteiger partial charge in [0.25, 0.3) is 0 Å². The molecule has 14 heavy (non-hydrogen) atoms. The molecule has 76 valence electrons. The second-order valence-electron chi connectivity index (χ2n) is 3.08. The lowest BCUT2D eigenvalue weighted by atomic mass is 10.2. The highest BCUT2D eigenvalue weighted by Gasteiger charge is 2.13. The fourth-order valence-electron chi connectivity index (χ4n) is 0.933. The van der Waals surface area contributed by atoms with E-state index in [4.69, 9.17) is 27.9 Å². The summed E-state index contributed by atoms with van der Waals surface area (Å²) < 4.78 is 4.99. The van der Waals surface area contributed by atoms with Crippen molar-refractivity contribution >= 4 is 29.2 Å². The Morgan fingerprint density at radius 2 is 2.00 bits per heavy atom. The number of carbonyl (C=O) groups is 1. The van der Waals surface area contributed by atoms with E-state index in [1.807, 2.05) is 0 Å². The van der Waals surface area contributed by atoms with Gasteiger partial charge in [-0.2, -0.15) is 0 Å². The van der Waals surface area contributed by atoms with Crippen molar-refractivity contribution in [1.82, 2.24) is 0 Å². The molecular weight excluding hydrogens is 223 g/mol. The van der Waals surface area contributed by atoms with Crippen LogP contribution in [0, 0.1) is 0 Å². The van der Waals surface area contributed by atoms with Gasteiger partial charge < -0.3 is 4.74 Å². The van der Waals surface area contributed by atoms with E-state index in [2.05, 4.69) is 0 Å². The number of benzene rings is 1. The number of carbonyl (C=O) groups excluding carboxylic acids is 1. The van der Waals surface area contributed by atoms with Gasteiger partial charge in [0.2, 0.25) is 0 Å². The third kappa shape index (κ3) is 2.89. The normalized spacial score (nSPS) is 10.4. The van der Waals surface area contributed by atoms with Gasteiger partial charge in [0, 0.05) is 5.02 Å². The molecule has 1 aromatic carbocycles. The topological polar surface area (TPSA) is 26.3 Å². The van der Waals surface area contributed by atoms with Gasteiger partial charge in [-0.15, -0.1) is 0 Å². The van der Waals surface area contributed by atoms with E-state index in [0.717, 1.165) is 0 Å². The fourth-order valence-corrected chi connectivity index (χ4v) is 1.42. The van der Waals surface area contributed by atoms with Gasteiger partial charge in [0.1, 0.15) is 0 Å². The lowest BCUT2D eigenvalue weighted by Gasteiger charge is -2.08. The molecule has 0 atom stereocenters. The zero-order valence-corrected chi connectivity index (χ0v) is 9.39. The van der Waals surface area contributed by atoms with Crippen molar-refractivity contribution in [1.29, 1.82) is 0 Å². The van der Waals surface area contributed by atoms with Gasteiger partial charge in [0.15, 0.2) is 0 Å². The molecule has 1 rings (SSSR count). The van der Waals surface area contributed by atoms with Crippen molar-refractivity contribution < 1.29 is 9.53 Å². The minimum absolute atomic E-state index is 0.158. The molecule has 0 aliphatic heterocycles. The molecule has 0 unspecified atom stereocenters. The highest BCUT2D eigenvalue weighted by molar-refractivity contribution is 6.36. The molecule has 4 heteroatoms. The second-order valence-corrected chi connectivity index (χ2v) is 3.92. The van der Waals surface area contributed by atoms with Crippen LogP contribution < -0.4 is 0 Å². The van der Waals surface area contributed by atoms with E-state index in [0.29, 0.717) is 15.6 Å². The quantitative estimate of drug-likeness (QED) is 0.730. The smallest absolute Gasteiger partial charge is 0.339 e. The summed E-state index contributed by atoms with van der Waals surface area (Å²) in [6.45, 7) is 3.56. The molecule has 0 aliphatic rings. The van der Waals surface area contributed by atoms with Crippen LogP contribution in [0.1, 0.15) is 24.2 Å². The molecule has 2 nitrogen and oxygen atoms in total. The molecule has 0 saturated carbocycles. The summed E-state index contributed by atoms with van der Waals surface area (Å²) in [7, 11) is 0. The summed E-state index contributed by atoms with van der Waals surface area (Å²) >= 11 is 11.5. The van der Waals surface area contributed by atoms with E-state index >= 15 is 0 Å². The number of hydrogen-bond donors (Lipinski definition) is 0. The lowest BCUT2D eigenvalue weighted by Crippen LogP contribution is -2.11. The van der Waals surface area contributed by atoms with E-state index < -0.39 is 5.97 Å². The van der Waals surface area contributed by atoms with Crippen LogP contribution in [0.15, 0.2) is 18.2 Å². The molecule has 0 aromatic heterocycles. The average molecular weight is 233 g/mol. The molecule has 0 radical (unpaired) electrons. The first-order valence-electron chi connectivity index (χ1n) is 4.16. The van der Waals surface area contributed by atoms with Crippen molar-refractivity contribution in [3.8, 4) is 0 Å². The largest absolute Gasteiger partial charge is 0.459 e. The maximum atomic E-state index is 11.4. The van der Waals surface area contributed by atoms with E-state index in [9.17, 15) is 4.79 Å². The number of hydrogen-bond acceptors (Lipinski definition) is 2. The molecule has 0 bridgehead atoms. The number of esters is 1. The molecule has 0 N–H and O–H groups in total. The Kier molecular flexibility index (Phi) is 3.78. The molecule has 0 amide bonds. The summed E-state index contributed by atoms with van der Waals surface area (Å²) in [6, 6.07) is 4.67. The summed E-state index contributed by atoms with van der Waals surface area (Å²) in [6.07, 6.45) is -0.158. The van der Waals surface area contributed by atoms with Crippen LogP contribution in [0.4, 0.5) is 0 Å². The summed E-state index contributed by atoms with van der Waals surface area (Å²) in [5.41, 5.74) is 0.338. The van der Waals surface area contributed by atoms with Crippen molar-refractivity contribution in [3.05, 3.63) is 33.8 Å². The Balaban J connectivity index is 2.90.